The maximum absolute atomic E-state index is 12.5. The van der Waals surface area contributed by atoms with E-state index >= 15 is 0 Å². The molecule has 9 heteroatoms. The summed E-state index contributed by atoms with van der Waals surface area (Å²) >= 11 is 0. The van der Waals surface area contributed by atoms with E-state index in [-0.39, 0.29) is 17.7 Å². The number of nitrogens with one attached hydrogen (secondary N) is 3. The van der Waals surface area contributed by atoms with Crippen LogP contribution in [0.4, 0.5) is 17.1 Å². The van der Waals surface area contributed by atoms with Crippen LogP contribution in [0.15, 0.2) is 91.0 Å². The standard InChI is InChI=1S/C51H69N3O6/c1-4-7-10-13-16-19-22-49(55)52-40-25-31-43(32-26-40)58-46-37-47(59-44-33-27-41(28-34-44)53-50(56)23-20-17-14-11-8-5-2)39-48(38-46)60-45-35-29-42(30-36-45)54-51(57)24-21-18-15-12-9-6-3/h25-39H,4-24H2,1-3H3,(H,52,55)(H,53,56)(H,54,57). The fraction of sp³-hybridized carbons (Fsp3) is 0.471. The lowest BCUT2D eigenvalue weighted by Gasteiger charge is -2.14. The van der Waals surface area contributed by atoms with E-state index in [0.717, 1.165) is 38.5 Å². The van der Waals surface area contributed by atoms with Gasteiger partial charge in [0.25, 0.3) is 0 Å². The third kappa shape index (κ3) is 19.6. The SMILES string of the molecule is CCCCCCCCC(=O)Nc1ccc(Oc2cc(Oc3ccc(NC(=O)CCCCCCCC)cc3)cc(Oc3ccc(NC(=O)CCCCCCCC)cc3)c2)cc1. The van der Waals surface area contributed by atoms with E-state index in [2.05, 4.69) is 36.7 Å². The first kappa shape index (κ1) is 47.4. The Labute approximate surface area is 359 Å². The molecule has 0 aromatic heterocycles. The van der Waals surface area contributed by atoms with Crippen LogP contribution in [0.25, 0.3) is 0 Å². The van der Waals surface area contributed by atoms with Gasteiger partial charge in [0.1, 0.15) is 34.5 Å². The van der Waals surface area contributed by atoms with Gasteiger partial charge in [0.2, 0.25) is 17.7 Å². The number of carbonyl (C=O) groups excluding carboxylic acids is 3. The Morgan fingerprint density at radius 2 is 0.567 bits per heavy atom. The Balaban J connectivity index is 1.39. The van der Waals surface area contributed by atoms with Gasteiger partial charge in [-0.25, -0.2) is 0 Å². The summed E-state index contributed by atoms with van der Waals surface area (Å²) in [5.41, 5.74) is 2.13. The third-order valence-corrected chi connectivity index (χ3v) is 10.2. The molecule has 3 amide bonds. The van der Waals surface area contributed by atoms with Crippen molar-refractivity contribution < 1.29 is 28.6 Å². The van der Waals surface area contributed by atoms with Gasteiger partial charge in [-0.1, -0.05) is 117 Å². The molecule has 0 fully saturated rings. The van der Waals surface area contributed by atoms with Crippen LogP contribution < -0.4 is 30.2 Å². The summed E-state index contributed by atoms with van der Waals surface area (Å²) < 4.78 is 18.9. The minimum Gasteiger partial charge on any atom is -0.457 e. The molecule has 324 valence electrons. The van der Waals surface area contributed by atoms with Gasteiger partial charge >= 0.3 is 0 Å². The molecule has 0 spiro atoms. The zero-order chi connectivity index (χ0) is 42.6. The zero-order valence-electron chi connectivity index (χ0n) is 36.5. The molecule has 0 atom stereocenters. The fourth-order valence-corrected chi connectivity index (χ4v) is 6.82. The predicted octanol–water partition coefficient (Wildman–Crippen LogP) is 15.1. The number of hydrogen-bond donors (Lipinski definition) is 3. The number of hydrogen-bond acceptors (Lipinski definition) is 6. The second-order valence-electron chi connectivity index (χ2n) is 15.7. The average molecular weight is 820 g/mol. The maximum atomic E-state index is 12.5. The van der Waals surface area contributed by atoms with E-state index in [0.29, 0.717) is 70.8 Å². The third-order valence-electron chi connectivity index (χ3n) is 10.2. The number of ether oxygens (including phenoxy) is 3. The summed E-state index contributed by atoms with van der Waals surface area (Å²) in [6.07, 6.45) is 22.0. The number of unbranched alkanes of at least 4 members (excludes halogenated alkanes) is 15. The van der Waals surface area contributed by atoms with E-state index in [1.807, 2.05) is 72.8 Å². The molecule has 0 bridgehead atoms. The Morgan fingerprint density at radius 3 is 0.817 bits per heavy atom. The van der Waals surface area contributed by atoms with Crippen molar-refractivity contribution in [3.63, 3.8) is 0 Å². The summed E-state index contributed by atoms with van der Waals surface area (Å²) in [5.74, 6) is 3.23. The van der Waals surface area contributed by atoms with Crippen molar-refractivity contribution in [3.05, 3.63) is 91.0 Å². The van der Waals surface area contributed by atoms with Gasteiger partial charge in [-0.05, 0) is 92.1 Å². The molecule has 3 N–H and O–H groups in total. The highest BCUT2D eigenvalue weighted by Crippen LogP contribution is 2.36. The zero-order valence-corrected chi connectivity index (χ0v) is 36.5. The minimum absolute atomic E-state index is 0.0120. The predicted molar refractivity (Wildman–Crippen MR) is 246 cm³/mol. The largest absolute Gasteiger partial charge is 0.457 e. The molecule has 0 aliphatic heterocycles. The lowest BCUT2D eigenvalue weighted by molar-refractivity contribution is -0.117. The second kappa shape index (κ2) is 28.2. The topological polar surface area (TPSA) is 115 Å². The van der Waals surface area contributed by atoms with Crippen LogP contribution in [0.1, 0.15) is 156 Å². The lowest BCUT2D eigenvalue weighted by atomic mass is 10.1. The highest BCUT2D eigenvalue weighted by atomic mass is 16.5. The molecule has 9 nitrogen and oxygen atoms in total. The van der Waals surface area contributed by atoms with Gasteiger partial charge in [0.05, 0.1) is 0 Å². The van der Waals surface area contributed by atoms with Crippen molar-refractivity contribution >= 4 is 34.8 Å². The Kier molecular flexibility index (Phi) is 22.3. The summed E-state index contributed by atoms with van der Waals surface area (Å²) in [5, 5.41) is 8.97. The van der Waals surface area contributed by atoms with Crippen molar-refractivity contribution in [2.24, 2.45) is 0 Å². The van der Waals surface area contributed by atoms with Gasteiger partial charge in [-0.2, -0.15) is 0 Å². The molecule has 60 heavy (non-hydrogen) atoms. The van der Waals surface area contributed by atoms with Crippen LogP contribution in [0.2, 0.25) is 0 Å². The van der Waals surface area contributed by atoms with E-state index < -0.39 is 0 Å². The molecule has 0 heterocycles. The van der Waals surface area contributed by atoms with E-state index in [9.17, 15) is 14.4 Å². The van der Waals surface area contributed by atoms with E-state index in [1.165, 1.54) is 77.0 Å². The maximum Gasteiger partial charge on any atom is 0.224 e. The van der Waals surface area contributed by atoms with E-state index in [1.54, 1.807) is 18.2 Å². The van der Waals surface area contributed by atoms with Gasteiger partial charge < -0.3 is 30.2 Å². The smallest absolute Gasteiger partial charge is 0.224 e. The van der Waals surface area contributed by atoms with Crippen LogP contribution in [0, 0.1) is 0 Å². The highest BCUT2D eigenvalue weighted by Gasteiger charge is 2.11. The molecule has 0 saturated carbocycles. The monoisotopic (exact) mass is 820 g/mol. The van der Waals surface area contributed by atoms with Crippen molar-refractivity contribution in [1.29, 1.82) is 0 Å². The average Bonchev–Trinajstić information content (AvgIpc) is 3.24. The molecule has 0 radical (unpaired) electrons. The van der Waals surface area contributed by atoms with Crippen molar-refractivity contribution in [2.45, 2.75) is 156 Å². The lowest BCUT2D eigenvalue weighted by Crippen LogP contribution is -2.10. The summed E-state index contributed by atoms with van der Waals surface area (Å²) in [6.45, 7) is 6.60. The van der Waals surface area contributed by atoms with Crippen LogP contribution in [-0.2, 0) is 14.4 Å². The fourth-order valence-electron chi connectivity index (χ4n) is 6.82. The van der Waals surface area contributed by atoms with Crippen LogP contribution in [0.3, 0.4) is 0 Å². The Bertz CT molecular complexity index is 1600. The van der Waals surface area contributed by atoms with Crippen LogP contribution in [0.5, 0.6) is 34.5 Å². The first-order chi connectivity index (χ1) is 29.3. The summed E-state index contributed by atoms with van der Waals surface area (Å²) in [7, 11) is 0. The highest BCUT2D eigenvalue weighted by molar-refractivity contribution is 5.91. The van der Waals surface area contributed by atoms with Gasteiger partial charge in [-0.15, -0.1) is 0 Å². The summed E-state index contributed by atoms with van der Waals surface area (Å²) in [4.78, 5) is 37.6. The van der Waals surface area contributed by atoms with Gasteiger partial charge in [0, 0.05) is 54.5 Å². The first-order valence-corrected chi connectivity index (χ1v) is 22.7. The Hall–Kier alpha value is -5.31. The minimum atomic E-state index is 0.0120. The summed E-state index contributed by atoms with van der Waals surface area (Å²) in [6, 6.07) is 27.2. The number of rotatable bonds is 30. The molecule has 4 rings (SSSR count). The number of anilines is 3. The molecular weight excluding hydrogens is 751 g/mol. The Morgan fingerprint density at radius 1 is 0.333 bits per heavy atom. The normalized spacial score (nSPS) is 10.8. The molecule has 0 aliphatic carbocycles. The van der Waals surface area contributed by atoms with E-state index in [4.69, 9.17) is 14.2 Å². The number of carbonyl (C=O) groups is 3. The molecule has 0 aliphatic rings. The first-order valence-electron chi connectivity index (χ1n) is 22.7. The second-order valence-corrected chi connectivity index (χ2v) is 15.7. The van der Waals surface area contributed by atoms with Gasteiger partial charge in [0.15, 0.2) is 0 Å². The molecule has 4 aromatic carbocycles. The van der Waals surface area contributed by atoms with Crippen molar-refractivity contribution in [3.8, 4) is 34.5 Å². The molecule has 0 unspecified atom stereocenters. The number of benzene rings is 4. The number of amides is 3. The van der Waals surface area contributed by atoms with Gasteiger partial charge in [-0.3, -0.25) is 14.4 Å². The van der Waals surface area contributed by atoms with Crippen molar-refractivity contribution in [1.82, 2.24) is 0 Å². The molecule has 0 saturated heterocycles. The van der Waals surface area contributed by atoms with Crippen LogP contribution >= 0.6 is 0 Å². The molecular formula is C51H69N3O6. The quantitative estimate of drug-likeness (QED) is 0.0451. The molecule has 4 aromatic rings. The van der Waals surface area contributed by atoms with Crippen molar-refractivity contribution in [2.75, 3.05) is 16.0 Å². The van der Waals surface area contributed by atoms with Crippen LogP contribution in [-0.4, -0.2) is 17.7 Å².